The number of alkyl halides is 2. The van der Waals surface area contributed by atoms with Crippen LogP contribution in [0.2, 0.25) is 0 Å². The summed E-state index contributed by atoms with van der Waals surface area (Å²) < 4.78 is 32.0. The first kappa shape index (κ1) is 16.5. The summed E-state index contributed by atoms with van der Waals surface area (Å²) in [5.74, 6) is -2.33. The lowest BCUT2D eigenvalue weighted by atomic mass is 9.62. The molecule has 2 N–H and O–H groups in total. The molecule has 1 saturated carbocycles. The summed E-state index contributed by atoms with van der Waals surface area (Å²) >= 11 is 0. The lowest BCUT2D eigenvalue weighted by molar-refractivity contribution is -0.102. The maximum Gasteiger partial charge on any atom is 0.410 e. The minimum atomic E-state index is -2.55. The summed E-state index contributed by atoms with van der Waals surface area (Å²) in [6.45, 7) is 7.03. The average molecular weight is 304 g/mol. The molecule has 0 spiro atoms. The number of nitrogens with zero attached hydrogens (tertiary/aromatic N) is 1. The molecule has 2 fully saturated rings. The van der Waals surface area contributed by atoms with Crippen molar-refractivity contribution >= 4 is 6.09 Å². The van der Waals surface area contributed by atoms with Crippen LogP contribution < -0.4 is 5.73 Å². The fourth-order valence-electron chi connectivity index (χ4n) is 3.23. The molecule has 1 aliphatic heterocycles. The zero-order valence-electron chi connectivity index (χ0n) is 13.1. The molecule has 0 radical (unpaired) electrons. The van der Waals surface area contributed by atoms with Crippen LogP contribution in [0.15, 0.2) is 0 Å². The number of halogens is 2. The summed E-state index contributed by atoms with van der Waals surface area (Å²) in [4.78, 5) is 13.6. The molecule has 0 unspecified atom stereocenters. The quantitative estimate of drug-likeness (QED) is 0.853. The van der Waals surface area contributed by atoms with Gasteiger partial charge < -0.3 is 15.4 Å². The van der Waals surface area contributed by atoms with Gasteiger partial charge in [-0.1, -0.05) is 0 Å². The van der Waals surface area contributed by atoms with Gasteiger partial charge in [-0.3, -0.25) is 0 Å². The number of carbonyl (C=O) groups is 1. The van der Waals surface area contributed by atoms with Gasteiger partial charge in [-0.15, -0.1) is 0 Å². The first-order valence-electron chi connectivity index (χ1n) is 7.63. The maximum atomic E-state index is 13.3. The second-order valence-electron chi connectivity index (χ2n) is 7.50. The highest BCUT2D eigenvalue weighted by Crippen LogP contribution is 2.49. The lowest BCUT2D eigenvalue weighted by Gasteiger charge is -2.52. The van der Waals surface area contributed by atoms with Crippen molar-refractivity contribution < 1.29 is 18.3 Å². The third-order valence-electron chi connectivity index (χ3n) is 4.78. The van der Waals surface area contributed by atoms with Gasteiger partial charge in [0.05, 0.1) is 0 Å². The number of amides is 1. The highest BCUT2D eigenvalue weighted by molar-refractivity contribution is 5.69. The molecule has 2 rings (SSSR count). The Hall–Kier alpha value is -0.910. The number of nitrogens with two attached hydrogens (primary N) is 1. The summed E-state index contributed by atoms with van der Waals surface area (Å²) in [5.41, 5.74) is 5.13. The van der Waals surface area contributed by atoms with Crippen LogP contribution in [0.5, 0.6) is 0 Å². The monoisotopic (exact) mass is 304 g/mol. The molecule has 1 saturated heterocycles. The Morgan fingerprint density at radius 2 is 1.76 bits per heavy atom. The van der Waals surface area contributed by atoms with Crippen LogP contribution in [0.25, 0.3) is 0 Å². The van der Waals surface area contributed by atoms with Gasteiger partial charge in [-0.2, -0.15) is 0 Å². The Morgan fingerprint density at radius 3 is 2.19 bits per heavy atom. The number of hydrogen-bond donors (Lipinski definition) is 1. The zero-order chi connectivity index (χ0) is 15.9. The maximum absolute atomic E-state index is 13.3. The Bertz CT molecular complexity index is 391. The SMILES string of the molecule is CC(C)(C)OC(=O)N1CC(C2(CN)CCC(F)(F)CC2)C1. The number of ether oxygens (including phenoxy) is 1. The lowest BCUT2D eigenvalue weighted by Crippen LogP contribution is -2.60. The normalized spacial score (nSPS) is 25.3. The molecule has 0 aromatic heterocycles. The zero-order valence-corrected chi connectivity index (χ0v) is 13.1. The average Bonchev–Trinajstić information content (AvgIpc) is 2.27. The van der Waals surface area contributed by atoms with Crippen LogP contribution in [-0.2, 0) is 4.74 Å². The van der Waals surface area contributed by atoms with E-state index in [1.807, 2.05) is 20.8 Å². The number of rotatable bonds is 2. The molecule has 0 bridgehead atoms. The van der Waals surface area contributed by atoms with Crippen molar-refractivity contribution in [3.63, 3.8) is 0 Å². The molecule has 0 aromatic carbocycles. The highest BCUT2D eigenvalue weighted by atomic mass is 19.3. The second-order valence-corrected chi connectivity index (χ2v) is 7.50. The standard InChI is InChI=1S/C15H26F2N2O2/c1-13(2,3)21-12(20)19-8-11(9-19)14(10-18)4-6-15(16,17)7-5-14/h11H,4-10,18H2,1-3H3. The van der Waals surface area contributed by atoms with Crippen LogP contribution in [0.3, 0.4) is 0 Å². The summed E-state index contributed by atoms with van der Waals surface area (Å²) in [5, 5.41) is 0. The van der Waals surface area contributed by atoms with Gasteiger partial charge in [0.15, 0.2) is 0 Å². The molecule has 6 heteroatoms. The van der Waals surface area contributed by atoms with Crippen LogP contribution in [-0.4, -0.2) is 42.2 Å². The number of hydrogen-bond acceptors (Lipinski definition) is 3. The number of likely N-dealkylation sites (tertiary alicyclic amines) is 1. The Labute approximate surface area is 125 Å². The second kappa shape index (κ2) is 5.38. The molecule has 1 amide bonds. The molecule has 2 aliphatic rings. The third-order valence-corrected chi connectivity index (χ3v) is 4.78. The van der Waals surface area contributed by atoms with Gasteiger partial charge in [-0.25, -0.2) is 13.6 Å². The van der Waals surface area contributed by atoms with Gasteiger partial charge in [0.25, 0.3) is 0 Å². The topological polar surface area (TPSA) is 55.6 Å². The van der Waals surface area contributed by atoms with Gasteiger partial charge >= 0.3 is 6.09 Å². The molecule has 4 nitrogen and oxygen atoms in total. The molecular formula is C15H26F2N2O2. The van der Waals surface area contributed by atoms with E-state index in [0.717, 1.165) is 0 Å². The van der Waals surface area contributed by atoms with E-state index >= 15 is 0 Å². The van der Waals surface area contributed by atoms with Crippen molar-refractivity contribution in [3.05, 3.63) is 0 Å². The van der Waals surface area contributed by atoms with Crippen molar-refractivity contribution in [2.75, 3.05) is 19.6 Å². The highest BCUT2D eigenvalue weighted by Gasteiger charge is 2.51. The molecule has 122 valence electrons. The molecule has 1 heterocycles. The Morgan fingerprint density at radius 1 is 1.24 bits per heavy atom. The van der Waals surface area contributed by atoms with E-state index in [-0.39, 0.29) is 30.3 Å². The smallest absolute Gasteiger partial charge is 0.410 e. The van der Waals surface area contributed by atoms with E-state index in [1.165, 1.54) is 0 Å². The van der Waals surface area contributed by atoms with E-state index in [4.69, 9.17) is 10.5 Å². The van der Waals surface area contributed by atoms with E-state index in [1.54, 1.807) is 4.90 Å². The van der Waals surface area contributed by atoms with Crippen molar-refractivity contribution in [2.24, 2.45) is 17.1 Å². The van der Waals surface area contributed by atoms with Crippen molar-refractivity contribution in [2.45, 2.75) is 58.0 Å². The van der Waals surface area contributed by atoms with E-state index in [0.29, 0.717) is 32.5 Å². The van der Waals surface area contributed by atoms with E-state index in [9.17, 15) is 13.6 Å². The van der Waals surface area contributed by atoms with Crippen LogP contribution in [0.1, 0.15) is 46.5 Å². The first-order chi connectivity index (χ1) is 9.57. The summed E-state index contributed by atoms with van der Waals surface area (Å²) in [6.07, 6.45) is 0.388. The van der Waals surface area contributed by atoms with Gasteiger partial charge in [-0.05, 0) is 45.6 Å². The molecule has 1 aliphatic carbocycles. The predicted octanol–water partition coefficient (Wildman–Crippen LogP) is 3.01. The van der Waals surface area contributed by atoms with E-state index < -0.39 is 11.5 Å². The predicted molar refractivity (Wildman–Crippen MR) is 76.2 cm³/mol. The molecule has 0 atom stereocenters. The number of carbonyl (C=O) groups excluding carboxylic acids is 1. The van der Waals surface area contributed by atoms with Gasteiger partial charge in [0.1, 0.15) is 5.60 Å². The van der Waals surface area contributed by atoms with Crippen LogP contribution in [0.4, 0.5) is 13.6 Å². The Kier molecular flexibility index (Phi) is 4.21. The van der Waals surface area contributed by atoms with Crippen molar-refractivity contribution in [1.82, 2.24) is 4.90 Å². The van der Waals surface area contributed by atoms with Crippen molar-refractivity contribution in [1.29, 1.82) is 0 Å². The van der Waals surface area contributed by atoms with Crippen LogP contribution >= 0.6 is 0 Å². The fraction of sp³-hybridized carbons (Fsp3) is 0.933. The fourth-order valence-corrected chi connectivity index (χ4v) is 3.23. The minimum absolute atomic E-state index is 0.0901. The largest absolute Gasteiger partial charge is 0.444 e. The van der Waals surface area contributed by atoms with Crippen molar-refractivity contribution in [3.8, 4) is 0 Å². The third kappa shape index (κ3) is 3.65. The minimum Gasteiger partial charge on any atom is -0.444 e. The molecular weight excluding hydrogens is 278 g/mol. The van der Waals surface area contributed by atoms with E-state index in [2.05, 4.69) is 0 Å². The van der Waals surface area contributed by atoms with Gasteiger partial charge in [0, 0.05) is 31.8 Å². The molecule has 21 heavy (non-hydrogen) atoms. The van der Waals surface area contributed by atoms with Gasteiger partial charge in [0.2, 0.25) is 5.92 Å². The van der Waals surface area contributed by atoms with Crippen LogP contribution in [0, 0.1) is 11.3 Å². The summed E-state index contributed by atoms with van der Waals surface area (Å²) in [7, 11) is 0. The molecule has 0 aromatic rings. The summed E-state index contributed by atoms with van der Waals surface area (Å²) in [6, 6.07) is 0. The first-order valence-corrected chi connectivity index (χ1v) is 7.63. The Balaban J connectivity index is 1.89.